The van der Waals surface area contributed by atoms with E-state index in [-0.39, 0.29) is 12.0 Å². The van der Waals surface area contributed by atoms with Crippen LogP contribution in [0.3, 0.4) is 0 Å². The molecule has 0 aromatic rings. The summed E-state index contributed by atoms with van der Waals surface area (Å²) in [7, 11) is 1.47. The quantitative estimate of drug-likeness (QED) is 0.648. The summed E-state index contributed by atoms with van der Waals surface area (Å²) in [6, 6.07) is -0.0252. The van der Waals surface area contributed by atoms with Crippen LogP contribution in [0, 0.1) is 5.92 Å². The largest absolute Gasteiger partial charge is 0.468 e. The van der Waals surface area contributed by atoms with Crippen LogP contribution in [0.15, 0.2) is 0 Å². The Morgan fingerprint density at radius 3 is 2.86 bits per heavy atom. The van der Waals surface area contributed by atoms with Crippen molar-refractivity contribution in [2.75, 3.05) is 20.2 Å². The van der Waals surface area contributed by atoms with E-state index in [2.05, 4.69) is 11.8 Å². The van der Waals surface area contributed by atoms with E-state index >= 15 is 0 Å². The molecule has 82 valence electrons. The number of nitrogens with zero attached hydrogens (tertiary/aromatic N) is 1. The van der Waals surface area contributed by atoms with Gasteiger partial charge in [-0.15, -0.1) is 0 Å². The van der Waals surface area contributed by atoms with Gasteiger partial charge in [-0.05, 0) is 31.7 Å². The van der Waals surface area contributed by atoms with Crippen molar-refractivity contribution in [2.45, 2.75) is 39.2 Å². The van der Waals surface area contributed by atoms with E-state index in [0.29, 0.717) is 5.92 Å². The van der Waals surface area contributed by atoms with Crippen LogP contribution in [0.5, 0.6) is 0 Å². The average molecular weight is 199 g/mol. The predicted molar refractivity (Wildman–Crippen MR) is 56.1 cm³/mol. The second-order valence-electron chi connectivity index (χ2n) is 4.19. The molecule has 3 heteroatoms. The molecule has 1 fully saturated rings. The van der Waals surface area contributed by atoms with E-state index in [4.69, 9.17) is 4.74 Å². The molecule has 0 aromatic carbocycles. The summed E-state index contributed by atoms with van der Waals surface area (Å²) < 4.78 is 4.81. The van der Waals surface area contributed by atoms with Gasteiger partial charge in [0.15, 0.2) is 0 Å². The van der Waals surface area contributed by atoms with Gasteiger partial charge in [0.1, 0.15) is 6.04 Å². The molecule has 0 amide bonds. The first-order valence-corrected chi connectivity index (χ1v) is 5.51. The van der Waals surface area contributed by atoms with Gasteiger partial charge in [0.2, 0.25) is 0 Å². The SMILES string of the molecule is CC[C@@H](C(=O)OC)N1CCC[C@@H](C)C1. The first-order chi connectivity index (χ1) is 6.69. The monoisotopic (exact) mass is 199 g/mol. The average Bonchev–Trinajstić information content (AvgIpc) is 2.19. The highest BCUT2D eigenvalue weighted by Crippen LogP contribution is 2.19. The van der Waals surface area contributed by atoms with Crippen molar-refractivity contribution >= 4 is 5.97 Å². The summed E-state index contributed by atoms with van der Waals surface area (Å²) >= 11 is 0. The zero-order chi connectivity index (χ0) is 10.6. The van der Waals surface area contributed by atoms with Crippen molar-refractivity contribution in [3.8, 4) is 0 Å². The maximum atomic E-state index is 11.5. The summed E-state index contributed by atoms with van der Waals surface area (Å²) in [5, 5.41) is 0. The number of hydrogen-bond donors (Lipinski definition) is 0. The predicted octanol–water partition coefficient (Wildman–Crippen LogP) is 1.67. The van der Waals surface area contributed by atoms with Crippen LogP contribution in [0.1, 0.15) is 33.1 Å². The third-order valence-corrected chi connectivity index (χ3v) is 2.99. The number of likely N-dealkylation sites (tertiary alicyclic amines) is 1. The summed E-state index contributed by atoms with van der Waals surface area (Å²) in [5.74, 6) is 0.629. The zero-order valence-electron chi connectivity index (χ0n) is 9.45. The van der Waals surface area contributed by atoms with Gasteiger partial charge in [-0.25, -0.2) is 0 Å². The maximum absolute atomic E-state index is 11.5. The number of carbonyl (C=O) groups excluding carboxylic acids is 1. The highest BCUT2D eigenvalue weighted by molar-refractivity contribution is 5.75. The van der Waals surface area contributed by atoms with Gasteiger partial charge in [-0.1, -0.05) is 13.8 Å². The smallest absolute Gasteiger partial charge is 0.323 e. The molecule has 2 atom stereocenters. The number of carbonyl (C=O) groups is 1. The van der Waals surface area contributed by atoms with Gasteiger partial charge in [0.05, 0.1) is 7.11 Å². The molecule has 0 N–H and O–H groups in total. The molecule has 1 saturated heterocycles. The van der Waals surface area contributed by atoms with Crippen LogP contribution in [-0.2, 0) is 9.53 Å². The highest BCUT2D eigenvalue weighted by Gasteiger charge is 2.28. The van der Waals surface area contributed by atoms with E-state index in [1.165, 1.54) is 20.0 Å². The molecular weight excluding hydrogens is 178 g/mol. The van der Waals surface area contributed by atoms with E-state index < -0.39 is 0 Å². The van der Waals surface area contributed by atoms with Crippen LogP contribution in [0.25, 0.3) is 0 Å². The third kappa shape index (κ3) is 2.71. The van der Waals surface area contributed by atoms with Gasteiger partial charge >= 0.3 is 5.97 Å². The molecule has 0 radical (unpaired) electrons. The minimum atomic E-state index is -0.0819. The lowest BCUT2D eigenvalue weighted by atomic mass is 9.98. The normalized spacial score (nSPS) is 25.8. The number of esters is 1. The van der Waals surface area contributed by atoms with Crippen LogP contribution >= 0.6 is 0 Å². The molecule has 0 unspecified atom stereocenters. The summed E-state index contributed by atoms with van der Waals surface area (Å²) in [6.45, 7) is 6.36. The summed E-state index contributed by atoms with van der Waals surface area (Å²) in [5.41, 5.74) is 0. The van der Waals surface area contributed by atoms with Crippen molar-refractivity contribution in [2.24, 2.45) is 5.92 Å². The van der Waals surface area contributed by atoms with Gasteiger partial charge < -0.3 is 4.74 Å². The molecule has 0 aliphatic carbocycles. The number of ether oxygens (including phenoxy) is 1. The molecule has 14 heavy (non-hydrogen) atoms. The number of rotatable bonds is 3. The van der Waals surface area contributed by atoms with Gasteiger partial charge in [-0.2, -0.15) is 0 Å². The molecule has 1 aliphatic heterocycles. The van der Waals surface area contributed by atoms with Crippen LogP contribution in [0.4, 0.5) is 0 Å². The molecule has 1 rings (SSSR count). The Labute approximate surface area is 86.4 Å². The molecule has 0 spiro atoms. The fourth-order valence-corrected chi connectivity index (χ4v) is 2.22. The van der Waals surface area contributed by atoms with Crippen LogP contribution in [0.2, 0.25) is 0 Å². The minimum Gasteiger partial charge on any atom is -0.468 e. The standard InChI is InChI=1S/C11H21NO2/c1-4-10(11(13)14-3)12-7-5-6-9(2)8-12/h9-10H,4-8H2,1-3H3/t9-,10+/m1/s1. The molecule has 1 aliphatic rings. The Morgan fingerprint density at radius 1 is 1.64 bits per heavy atom. The van der Waals surface area contributed by atoms with Gasteiger partial charge in [-0.3, -0.25) is 9.69 Å². The van der Waals surface area contributed by atoms with Crippen LogP contribution < -0.4 is 0 Å². The molecular formula is C11H21NO2. The van der Waals surface area contributed by atoms with E-state index in [0.717, 1.165) is 19.5 Å². The summed E-state index contributed by atoms with van der Waals surface area (Å²) in [4.78, 5) is 13.7. The third-order valence-electron chi connectivity index (χ3n) is 2.99. The fraction of sp³-hybridized carbons (Fsp3) is 0.909. The highest BCUT2D eigenvalue weighted by atomic mass is 16.5. The van der Waals surface area contributed by atoms with Gasteiger partial charge in [0, 0.05) is 6.54 Å². The Morgan fingerprint density at radius 2 is 2.36 bits per heavy atom. The second-order valence-corrected chi connectivity index (χ2v) is 4.19. The first kappa shape index (κ1) is 11.5. The van der Waals surface area contributed by atoms with Crippen molar-refractivity contribution < 1.29 is 9.53 Å². The van der Waals surface area contributed by atoms with Crippen molar-refractivity contribution in [1.82, 2.24) is 4.90 Å². The number of piperidine rings is 1. The zero-order valence-corrected chi connectivity index (χ0v) is 9.45. The lowest BCUT2D eigenvalue weighted by molar-refractivity contribution is -0.147. The Hall–Kier alpha value is -0.570. The summed E-state index contributed by atoms with van der Waals surface area (Å²) in [6.07, 6.45) is 3.34. The molecule has 0 bridgehead atoms. The fourth-order valence-electron chi connectivity index (χ4n) is 2.22. The van der Waals surface area contributed by atoms with Crippen LogP contribution in [-0.4, -0.2) is 37.1 Å². The molecule has 3 nitrogen and oxygen atoms in total. The lowest BCUT2D eigenvalue weighted by Crippen LogP contribution is -2.46. The Bertz CT molecular complexity index is 194. The lowest BCUT2D eigenvalue weighted by Gasteiger charge is -2.35. The topological polar surface area (TPSA) is 29.5 Å². The van der Waals surface area contributed by atoms with E-state index in [1.807, 2.05) is 6.92 Å². The minimum absolute atomic E-state index is 0.0252. The second kappa shape index (κ2) is 5.35. The van der Waals surface area contributed by atoms with Crippen molar-refractivity contribution in [3.63, 3.8) is 0 Å². The number of hydrogen-bond acceptors (Lipinski definition) is 3. The van der Waals surface area contributed by atoms with Crippen molar-refractivity contribution in [1.29, 1.82) is 0 Å². The maximum Gasteiger partial charge on any atom is 0.323 e. The van der Waals surface area contributed by atoms with Gasteiger partial charge in [0.25, 0.3) is 0 Å². The Kier molecular flexibility index (Phi) is 4.39. The molecule has 1 heterocycles. The van der Waals surface area contributed by atoms with E-state index in [1.54, 1.807) is 0 Å². The van der Waals surface area contributed by atoms with Crippen molar-refractivity contribution in [3.05, 3.63) is 0 Å². The molecule has 0 aromatic heterocycles. The molecule has 0 saturated carbocycles. The first-order valence-electron chi connectivity index (χ1n) is 5.51. The van der Waals surface area contributed by atoms with E-state index in [9.17, 15) is 4.79 Å². The number of methoxy groups -OCH3 is 1. The Balaban J connectivity index is 2.54.